The SMILES string of the molecule is CCCNc1nccc(NCc2ccccc2CC)n1. The predicted molar refractivity (Wildman–Crippen MR) is 84.0 cm³/mol. The van der Waals surface area contributed by atoms with Crippen molar-refractivity contribution in [2.45, 2.75) is 33.2 Å². The van der Waals surface area contributed by atoms with Crippen molar-refractivity contribution in [3.8, 4) is 0 Å². The van der Waals surface area contributed by atoms with E-state index >= 15 is 0 Å². The minimum absolute atomic E-state index is 0.681. The minimum Gasteiger partial charge on any atom is -0.366 e. The van der Waals surface area contributed by atoms with Crippen LogP contribution in [0, 0.1) is 0 Å². The zero-order chi connectivity index (χ0) is 14.2. The molecule has 0 bridgehead atoms. The van der Waals surface area contributed by atoms with Crippen molar-refractivity contribution in [3.05, 3.63) is 47.7 Å². The molecule has 2 N–H and O–H groups in total. The maximum absolute atomic E-state index is 4.45. The average molecular weight is 270 g/mol. The van der Waals surface area contributed by atoms with Gasteiger partial charge in [-0.2, -0.15) is 4.98 Å². The van der Waals surface area contributed by atoms with E-state index in [0.717, 1.165) is 31.7 Å². The van der Waals surface area contributed by atoms with Crippen LogP contribution in [0.15, 0.2) is 36.5 Å². The van der Waals surface area contributed by atoms with E-state index in [1.165, 1.54) is 11.1 Å². The van der Waals surface area contributed by atoms with Crippen LogP contribution >= 0.6 is 0 Å². The fraction of sp³-hybridized carbons (Fsp3) is 0.375. The molecule has 0 aliphatic rings. The van der Waals surface area contributed by atoms with E-state index in [9.17, 15) is 0 Å². The molecule has 0 saturated carbocycles. The van der Waals surface area contributed by atoms with Gasteiger partial charge in [-0.15, -0.1) is 0 Å². The van der Waals surface area contributed by atoms with Gasteiger partial charge in [0.1, 0.15) is 5.82 Å². The first-order chi connectivity index (χ1) is 9.83. The van der Waals surface area contributed by atoms with Crippen molar-refractivity contribution in [1.29, 1.82) is 0 Å². The Bertz CT molecular complexity index is 540. The molecule has 0 spiro atoms. The minimum atomic E-state index is 0.681. The van der Waals surface area contributed by atoms with Gasteiger partial charge >= 0.3 is 0 Å². The molecule has 0 radical (unpaired) electrons. The second-order valence-corrected chi connectivity index (χ2v) is 4.67. The fourth-order valence-electron chi connectivity index (χ4n) is 2.04. The highest BCUT2D eigenvalue weighted by Crippen LogP contribution is 2.12. The third-order valence-electron chi connectivity index (χ3n) is 3.15. The van der Waals surface area contributed by atoms with Crippen LogP contribution in [0.4, 0.5) is 11.8 Å². The number of nitrogens with one attached hydrogen (secondary N) is 2. The molecule has 0 atom stereocenters. The van der Waals surface area contributed by atoms with Crippen LogP contribution in [0.1, 0.15) is 31.4 Å². The quantitative estimate of drug-likeness (QED) is 0.809. The van der Waals surface area contributed by atoms with E-state index in [1.807, 2.05) is 6.07 Å². The number of hydrogen-bond donors (Lipinski definition) is 2. The number of anilines is 2. The Morgan fingerprint density at radius 2 is 1.80 bits per heavy atom. The summed E-state index contributed by atoms with van der Waals surface area (Å²) < 4.78 is 0. The highest BCUT2D eigenvalue weighted by atomic mass is 15.1. The van der Waals surface area contributed by atoms with Gasteiger partial charge in [-0.05, 0) is 30.0 Å². The Morgan fingerprint density at radius 1 is 1.00 bits per heavy atom. The first-order valence-corrected chi connectivity index (χ1v) is 7.21. The molecular weight excluding hydrogens is 248 g/mol. The number of aryl methyl sites for hydroxylation is 1. The van der Waals surface area contributed by atoms with Crippen molar-refractivity contribution >= 4 is 11.8 Å². The molecular formula is C16H22N4. The van der Waals surface area contributed by atoms with Crippen LogP contribution in [0.3, 0.4) is 0 Å². The van der Waals surface area contributed by atoms with Gasteiger partial charge in [-0.3, -0.25) is 0 Å². The van der Waals surface area contributed by atoms with E-state index < -0.39 is 0 Å². The summed E-state index contributed by atoms with van der Waals surface area (Å²) in [7, 11) is 0. The number of hydrogen-bond acceptors (Lipinski definition) is 4. The highest BCUT2D eigenvalue weighted by Gasteiger charge is 2.01. The lowest BCUT2D eigenvalue weighted by Crippen LogP contribution is -2.08. The van der Waals surface area contributed by atoms with Crippen LogP contribution in [0.25, 0.3) is 0 Å². The van der Waals surface area contributed by atoms with Gasteiger partial charge < -0.3 is 10.6 Å². The summed E-state index contributed by atoms with van der Waals surface area (Å²) >= 11 is 0. The largest absolute Gasteiger partial charge is 0.366 e. The third-order valence-corrected chi connectivity index (χ3v) is 3.15. The number of aromatic nitrogens is 2. The molecule has 0 amide bonds. The maximum atomic E-state index is 4.45. The Labute approximate surface area is 120 Å². The Kier molecular flexibility index (Phi) is 5.35. The van der Waals surface area contributed by atoms with Crippen LogP contribution in [0.2, 0.25) is 0 Å². The highest BCUT2D eigenvalue weighted by molar-refractivity contribution is 5.41. The molecule has 4 nitrogen and oxygen atoms in total. The topological polar surface area (TPSA) is 49.8 Å². The number of rotatable bonds is 7. The van der Waals surface area contributed by atoms with Crippen molar-refractivity contribution < 1.29 is 0 Å². The van der Waals surface area contributed by atoms with Crippen molar-refractivity contribution in [3.63, 3.8) is 0 Å². The Balaban J connectivity index is 1.99. The van der Waals surface area contributed by atoms with E-state index in [1.54, 1.807) is 6.20 Å². The van der Waals surface area contributed by atoms with Crippen molar-refractivity contribution in [1.82, 2.24) is 9.97 Å². The molecule has 1 aromatic carbocycles. The van der Waals surface area contributed by atoms with Gasteiger partial charge in [-0.25, -0.2) is 4.98 Å². The lowest BCUT2D eigenvalue weighted by Gasteiger charge is -2.10. The third kappa shape index (κ3) is 3.95. The Hall–Kier alpha value is -2.10. The van der Waals surface area contributed by atoms with Gasteiger partial charge in [0.2, 0.25) is 5.95 Å². The van der Waals surface area contributed by atoms with Gasteiger partial charge in [0.15, 0.2) is 0 Å². The number of nitrogens with zero attached hydrogens (tertiary/aromatic N) is 2. The lowest BCUT2D eigenvalue weighted by atomic mass is 10.1. The number of benzene rings is 1. The standard InChI is InChI=1S/C16H22N4/c1-3-10-17-16-18-11-9-15(20-16)19-12-14-8-6-5-7-13(14)4-2/h5-9,11H,3-4,10,12H2,1-2H3,(H2,17,18,19,20). The van der Waals surface area contributed by atoms with Crippen LogP contribution in [-0.2, 0) is 13.0 Å². The normalized spacial score (nSPS) is 10.3. The molecule has 2 aromatic rings. The maximum Gasteiger partial charge on any atom is 0.224 e. The lowest BCUT2D eigenvalue weighted by molar-refractivity contribution is 0.949. The zero-order valence-electron chi connectivity index (χ0n) is 12.2. The summed E-state index contributed by atoms with van der Waals surface area (Å²) in [6.45, 7) is 5.98. The van der Waals surface area contributed by atoms with Crippen LogP contribution in [-0.4, -0.2) is 16.5 Å². The zero-order valence-corrected chi connectivity index (χ0v) is 12.2. The van der Waals surface area contributed by atoms with Gasteiger partial charge in [0, 0.05) is 19.3 Å². The molecule has 106 valence electrons. The summed E-state index contributed by atoms with van der Waals surface area (Å²) in [4.78, 5) is 8.65. The van der Waals surface area contributed by atoms with Gasteiger partial charge in [-0.1, -0.05) is 38.1 Å². The molecule has 1 heterocycles. The van der Waals surface area contributed by atoms with Gasteiger partial charge in [0.05, 0.1) is 0 Å². The van der Waals surface area contributed by atoms with Crippen LogP contribution < -0.4 is 10.6 Å². The second-order valence-electron chi connectivity index (χ2n) is 4.67. The van der Waals surface area contributed by atoms with Crippen molar-refractivity contribution in [2.75, 3.05) is 17.2 Å². The first-order valence-electron chi connectivity index (χ1n) is 7.21. The summed E-state index contributed by atoms with van der Waals surface area (Å²) in [6, 6.07) is 10.4. The van der Waals surface area contributed by atoms with Crippen molar-refractivity contribution in [2.24, 2.45) is 0 Å². The molecule has 0 saturated heterocycles. The second kappa shape index (κ2) is 7.48. The Morgan fingerprint density at radius 3 is 2.55 bits per heavy atom. The summed E-state index contributed by atoms with van der Waals surface area (Å²) in [6.07, 6.45) is 3.88. The van der Waals surface area contributed by atoms with E-state index in [-0.39, 0.29) is 0 Å². The molecule has 20 heavy (non-hydrogen) atoms. The average Bonchev–Trinajstić information content (AvgIpc) is 2.51. The van der Waals surface area contributed by atoms with Crippen LogP contribution in [0.5, 0.6) is 0 Å². The summed E-state index contributed by atoms with van der Waals surface area (Å²) in [5.41, 5.74) is 2.69. The first kappa shape index (κ1) is 14.3. The van der Waals surface area contributed by atoms with Gasteiger partial charge in [0.25, 0.3) is 0 Å². The summed E-state index contributed by atoms with van der Waals surface area (Å²) in [5, 5.41) is 6.55. The monoisotopic (exact) mass is 270 g/mol. The fourth-order valence-corrected chi connectivity index (χ4v) is 2.04. The molecule has 2 rings (SSSR count). The summed E-state index contributed by atoms with van der Waals surface area (Å²) in [5.74, 6) is 1.53. The molecule has 0 aliphatic carbocycles. The predicted octanol–water partition coefficient (Wildman–Crippen LogP) is 3.47. The molecule has 0 unspecified atom stereocenters. The smallest absolute Gasteiger partial charge is 0.224 e. The molecule has 0 aliphatic heterocycles. The molecule has 0 fully saturated rings. The van der Waals surface area contributed by atoms with E-state index in [2.05, 4.69) is 58.7 Å². The molecule has 1 aromatic heterocycles. The van der Waals surface area contributed by atoms with E-state index in [4.69, 9.17) is 0 Å². The molecule has 4 heteroatoms. The van der Waals surface area contributed by atoms with E-state index in [0.29, 0.717) is 5.95 Å².